The lowest BCUT2D eigenvalue weighted by atomic mass is 9.71. The molecule has 2 saturated heterocycles. The van der Waals surface area contributed by atoms with Crippen LogP contribution in [0.4, 0.5) is 4.79 Å². The Morgan fingerprint density at radius 1 is 0.906 bits per heavy atom. The summed E-state index contributed by atoms with van der Waals surface area (Å²) < 4.78 is 0. The number of imide groups is 1. The van der Waals surface area contributed by atoms with Crippen LogP contribution in [-0.4, -0.2) is 76.7 Å². The highest BCUT2D eigenvalue weighted by Gasteiger charge is 2.54. The fourth-order valence-electron chi connectivity index (χ4n) is 6.43. The number of carbonyl (C=O) groups excluding carboxylic acids is 4. The molecular formula is C24H38N4O4. The molecule has 178 valence electrons. The summed E-state index contributed by atoms with van der Waals surface area (Å²) in [6.45, 7) is 5.97. The molecule has 1 spiro atoms. The number of urea groups is 1. The SMILES string of the molecule is C[C@@H]1C[C@@H](C)CC2(C1)NC(=O)N(CC(=O)N1CCN(C(=O)CC3CCCCC3)CC1)C2=O. The van der Waals surface area contributed by atoms with E-state index < -0.39 is 11.6 Å². The predicted molar refractivity (Wildman–Crippen MR) is 120 cm³/mol. The van der Waals surface area contributed by atoms with Crippen LogP contribution < -0.4 is 5.32 Å². The van der Waals surface area contributed by atoms with E-state index in [9.17, 15) is 19.2 Å². The van der Waals surface area contributed by atoms with E-state index >= 15 is 0 Å². The molecule has 0 radical (unpaired) electrons. The van der Waals surface area contributed by atoms with Gasteiger partial charge < -0.3 is 15.1 Å². The largest absolute Gasteiger partial charge is 0.339 e. The second-order valence-corrected chi connectivity index (χ2v) is 10.7. The van der Waals surface area contributed by atoms with Gasteiger partial charge in [-0.2, -0.15) is 0 Å². The van der Waals surface area contributed by atoms with Gasteiger partial charge in [-0.15, -0.1) is 0 Å². The first kappa shape index (κ1) is 23.1. The molecule has 2 atom stereocenters. The van der Waals surface area contributed by atoms with E-state index in [1.165, 1.54) is 19.3 Å². The predicted octanol–water partition coefficient (Wildman–Crippen LogP) is 2.37. The van der Waals surface area contributed by atoms with E-state index in [0.717, 1.165) is 24.2 Å². The molecule has 2 aliphatic carbocycles. The quantitative estimate of drug-likeness (QED) is 0.672. The van der Waals surface area contributed by atoms with Crippen molar-refractivity contribution < 1.29 is 19.2 Å². The van der Waals surface area contributed by atoms with Crippen molar-refractivity contribution in [1.29, 1.82) is 0 Å². The van der Waals surface area contributed by atoms with Gasteiger partial charge in [0.1, 0.15) is 12.1 Å². The number of rotatable bonds is 4. The molecule has 4 aliphatic rings. The Morgan fingerprint density at radius 3 is 2.06 bits per heavy atom. The van der Waals surface area contributed by atoms with Gasteiger partial charge in [0.05, 0.1) is 0 Å². The molecule has 32 heavy (non-hydrogen) atoms. The third-order valence-electron chi connectivity index (χ3n) is 7.91. The first-order valence-electron chi connectivity index (χ1n) is 12.5. The van der Waals surface area contributed by atoms with Crippen LogP contribution in [0.3, 0.4) is 0 Å². The van der Waals surface area contributed by atoms with Gasteiger partial charge in [0.25, 0.3) is 5.91 Å². The zero-order valence-electron chi connectivity index (χ0n) is 19.6. The molecule has 0 aromatic heterocycles. The summed E-state index contributed by atoms with van der Waals surface area (Å²) in [6, 6.07) is -0.453. The maximum Gasteiger partial charge on any atom is 0.325 e. The van der Waals surface area contributed by atoms with Crippen LogP contribution in [0.5, 0.6) is 0 Å². The summed E-state index contributed by atoms with van der Waals surface area (Å²) >= 11 is 0. The lowest BCUT2D eigenvalue weighted by Gasteiger charge is -2.38. The summed E-state index contributed by atoms with van der Waals surface area (Å²) in [6.07, 6.45) is 8.96. The van der Waals surface area contributed by atoms with Gasteiger partial charge in [0.2, 0.25) is 11.8 Å². The van der Waals surface area contributed by atoms with Crippen molar-refractivity contribution in [1.82, 2.24) is 20.0 Å². The number of nitrogens with zero attached hydrogens (tertiary/aromatic N) is 3. The van der Waals surface area contributed by atoms with Gasteiger partial charge in [-0.1, -0.05) is 33.1 Å². The zero-order valence-corrected chi connectivity index (χ0v) is 19.6. The molecule has 0 bridgehead atoms. The molecule has 2 aliphatic heterocycles. The molecule has 0 aromatic rings. The molecule has 0 aromatic carbocycles. The van der Waals surface area contributed by atoms with Crippen molar-refractivity contribution in [2.24, 2.45) is 17.8 Å². The highest BCUT2D eigenvalue weighted by molar-refractivity contribution is 6.09. The Kier molecular flexibility index (Phi) is 6.77. The molecule has 4 fully saturated rings. The average Bonchev–Trinajstić information content (AvgIpc) is 2.97. The maximum atomic E-state index is 13.2. The number of amides is 5. The van der Waals surface area contributed by atoms with Crippen molar-refractivity contribution in [3.63, 3.8) is 0 Å². The van der Waals surface area contributed by atoms with Crippen LogP contribution in [0, 0.1) is 17.8 Å². The minimum absolute atomic E-state index is 0.195. The maximum absolute atomic E-state index is 13.2. The van der Waals surface area contributed by atoms with Crippen molar-refractivity contribution in [3.05, 3.63) is 0 Å². The van der Waals surface area contributed by atoms with Crippen LogP contribution in [0.25, 0.3) is 0 Å². The van der Waals surface area contributed by atoms with Crippen LogP contribution in [0.15, 0.2) is 0 Å². The molecule has 0 unspecified atom stereocenters. The lowest BCUT2D eigenvalue weighted by Crippen LogP contribution is -2.54. The molecule has 8 nitrogen and oxygen atoms in total. The van der Waals surface area contributed by atoms with Gasteiger partial charge in [-0.25, -0.2) is 4.79 Å². The molecule has 5 amide bonds. The normalized spacial score (nSPS) is 31.9. The Morgan fingerprint density at radius 2 is 1.47 bits per heavy atom. The monoisotopic (exact) mass is 446 g/mol. The topological polar surface area (TPSA) is 90.0 Å². The highest BCUT2D eigenvalue weighted by Crippen LogP contribution is 2.39. The minimum atomic E-state index is -0.849. The highest BCUT2D eigenvalue weighted by atomic mass is 16.2. The number of hydrogen-bond donors (Lipinski definition) is 1. The van der Waals surface area contributed by atoms with Crippen LogP contribution in [0.1, 0.15) is 71.6 Å². The first-order valence-corrected chi connectivity index (χ1v) is 12.5. The van der Waals surface area contributed by atoms with Crippen molar-refractivity contribution in [2.75, 3.05) is 32.7 Å². The van der Waals surface area contributed by atoms with Crippen LogP contribution in [-0.2, 0) is 14.4 Å². The second kappa shape index (κ2) is 9.40. The summed E-state index contributed by atoms with van der Waals surface area (Å²) in [5.41, 5.74) is -0.849. The van der Waals surface area contributed by atoms with E-state index in [1.807, 2.05) is 4.90 Å². The second-order valence-electron chi connectivity index (χ2n) is 10.7. The number of nitrogens with one attached hydrogen (secondary N) is 1. The van der Waals surface area contributed by atoms with E-state index in [0.29, 0.717) is 63.2 Å². The van der Waals surface area contributed by atoms with Crippen LogP contribution in [0.2, 0.25) is 0 Å². The van der Waals surface area contributed by atoms with Gasteiger partial charge in [0, 0.05) is 32.6 Å². The van der Waals surface area contributed by atoms with Crippen molar-refractivity contribution >= 4 is 23.8 Å². The van der Waals surface area contributed by atoms with E-state index in [1.54, 1.807) is 4.90 Å². The Bertz CT molecular complexity index is 745. The van der Waals surface area contributed by atoms with Gasteiger partial charge in [-0.3, -0.25) is 19.3 Å². The first-order chi connectivity index (χ1) is 15.3. The summed E-state index contributed by atoms with van der Waals surface area (Å²) in [5.74, 6) is 0.946. The Hall–Kier alpha value is -2.12. The fraction of sp³-hybridized carbons (Fsp3) is 0.833. The van der Waals surface area contributed by atoms with Gasteiger partial charge in [0.15, 0.2) is 0 Å². The Labute approximate surface area is 191 Å². The third-order valence-corrected chi connectivity index (χ3v) is 7.91. The lowest BCUT2D eigenvalue weighted by molar-refractivity contribution is -0.143. The van der Waals surface area contributed by atoms with Gasteiger partial charge in [-0.05, 0) is 49.9 Å². The van der Waals surface area contributed by atoms with E-state index in [4.69, 9.17) is 0 Å². The zero-order chi connectivity index (χ0) is 22.9. The minimum Gasteiger partial charge on any atom is -0.339 e. The van der Waals surface area contributed by atoms with Crippen molar-refractivity contribution in [3.8, 4) is 0 Å². The van der Waals surface area contributed by atoms with Crippen LogP contribution >= 0.6 is 0 Å². The summed E-state index contributed by atoms with van der Waals surface area (Å²) in [5, 5.41) is 2.91. The molecule has 2 heterocycles. The van der Waals surface area contributed by atoms with Gasteiger partial charge >= 0.3 is 6.03 Å². The molecule has 1 N–H and O–H groups in total. The smallest absolute Gasteiger partial charge is 0.325 e. The standard InChI is InChI=1S/C24H38N4O4/c1-17-12-18(2)15-24(14-17)22(31)28(23(32)25-24)16-21(30)27-10-8-26(9-11-27)20(29)13-19-6-4-3-5-7-19/h17-19H,3-16H2,1-2H3,(H,25,32)/t17-,18-/m1/s1. The Balaban J connectivity index is 1.28. The molecular weight excluding hydrogens is 408 g/mol. The summed E-state index contributed by atoms with van der Waals surface area (Å²) in [4.78, 5) is 55.9. The van der Waals surface area contributed by atoms with E-state index in [-0.39, 0.29) is 24.3 Å². The third kappa shape index (κ3) is 4.79. The number of hydrogen-bond acceptors (Lipinski definition) is 4. The molecule has 4 rings (SSSR count). The average molecular weight is 447 g/mol. The fourth-order valence-corrected chi connectivity index (χ4v) is 6.43. The van der Waals surface area contributed by atoms with Crippen molar-refractivity contribution in [2.45, 2.75) is 77.2 Å². The molecule has 2 saturated carbocycles. The summed E-state index contributed by atoms with van der Waals surface area (Å²) in [7, 11) is 0. The molecule has 8 heteroatoms. The number of piperazine rings is 1. The van der Waals surface area contributed by atoms with E-state index in [2.05, 4.69) is 19.2 Å². The number of carbonyl (C=O) groups is 4.